The van der Waals surface area contributed by atoms with Crippen molar-refractivity contribution in [3.05, 3.63) is 41.1 Å². The summed E-state index contributed by atoms with van der Waals surface area (Å²) in [5, 5.41) is 5.64. The van der Waals surface area contributed by atoms with E-state index in [0.29, 0.717) is 43.3 Å². The highest BCUT2D eigenvalue weighted by Crippen LogP contribution is 2.30. The van der Waals surface area contributed by atoms with Gasteiger partial charge in [0.25, 0.3) is 0 Å². The number of amides is 2. The third-order valence-electron chi connectivity index (χ3n) is 5.68. The molecule has 1 aromatic rings. The number of rotatable bonds is 9. The van der Waals surface area contributed by atoms with E-state index in [9.17, 15) is 14.4 Å². The molecule has 180 valence electrons. The largest absolute Gasteiger partial charge is 0.494 e. The quantitative estimate of drug-likeness (QED) is 0.547. The Morgan fingerprint density at radius 3 is 2.45 bits per heavy atom. The number of likely N-dealkylation sites (tertiary alicyclic amines) is 1. The molecule has 0 bridgehead atoms. The van der Waals surface area contributed by atoms with E-state index in [4.69, 9.17) is 14.2 Å². The van der Waals surface area contributed by atoms with Gasteiger partial charge in [-0.25, -0.2) is 9.59 Å². The minimum absolute atomic E-state index is 0.205. The molecule has 0 saturated carbocycles. The second-order valence-electron chi connectivity index (χ2n) is 7.97. The number of esters is 2. The lowest BCUT2D eigenvalue weighted by atomic mass is 9.93. The van der Waals surface area contributed by atoms with Crippen LogP contribution >= 0.6 is 0 Å². The molecule has 1 fully saturated rings. The van der Waals surface area contributed by atoms with E-state index >= 15 is 0 Å². The van der Waals surface area contributed by atoms with Gasteiger partial charge in [-0.2, -0.15) is 0 Å². The van der Waals surface area contributed by atoms with Crippen LogP contribution in [0, 0.1) is 5.92 Å². The Morgan fingerprint density at radius 1 is 1.06 bits per heavy atom. The number of nitrogens with zero attached hydrogens (tertiary/aromatic N) is 1. The van der Waals surface area contributed by atoms with Crippen molar-refractivity contribution in [2.45, 2.75) is 39.7 Å². The number of piperidine rings is 1. The zero-order valence-corrected chi connectivity index (χ0v) is 19.5. The lowest BCUT2D eigenvalue weighted by Crippen LogP contribution is -2.50. The lowest BCUT2D eigenvalue weighted by molar-refractivity contribution is -0.150. The molecule has 33 heavy (non-hydrogen) atoms. The molecule has 0 radical (unpaired) electrons. The van der Waals surface area contributed by atoms with Gasteiger partial charge >= 0.3 is 18.0 Å². The predicted octanol–water partition coefficient (Wildman–Crippen LogP) is 2.53. The van der Waals surface area contributed by atoms with E-state index in [0.717, 1.165) is 24.9 Å². The van der Waals surface area contributed by atoms with Crippen LogP contribution in [0.4, 0.5) is 4.79 Å². The fourth-order valence-electron chi connectivity index (χ4n) is 4.24. The van der Waals surface area contributed by atoms with Gasteiger partial charge in [0, 0.05) is 18.8 Å². The number of benzene rings is 1. The van der Waals surface area contributed by atoms with E-state index in [1.54, 1.807) is 13.8 Å². The van der Waals surface area contributed by atoms with Gasteiger partial charge in [-0.05, 0) is 57.9 Å². The van der Waals surface area contributed by atoms with Crippen molar-refractivity contribution < 1.29 is 28.6 Å². The van der Waals surface area contributed by atoms with Gasteiger partial charge in [0.15, 0.2) is 0 Å². The number of carbonyl (C=O) groups excluding carboxylic acids is 3. The van der Waals surface area contributed by atoms with Crippen molar-refractivity contribution in [3.63, 3.8) is 0 Å². The van der Waals surface area contributed by atoms with Crippen LogP contribution in [0.2, 0.25) is 0 Å². The van der Waals surface area contributed by atoms with Gasteiger partial charge in [-0.1, -0.05) is 12.1 Å². The van der Waals surface area contributed by atoms with Crippen LogP contribution < -0.4 is 15.4 Å². The molecular formula is C24H33N3O6. The molecule has 2 unspecified atom stereocenters. The summed E-state index contributed by atoms with van der Waals surface area (Å²) in [5.41, 5.74) is 1.59. The van der Waals surface area contributed by atoms with E-state index < -0.39 is 18.0 Å². The summed E-state index contributed by atoms with van der Waals surface area (Å²) in [6.45, 7) is 8.14. The van der Waals surface area contributed by atoms with Crippen molar-refractivity contribution in [2.24, 2.45) is 5.92 Å². The third-order valence-corrected chi connectivity index (χ3v) is 5.68. The van der Waals surface area contributed by atoms with Crippen molar-refractivity contribution in [1.82, 2.24) is 15.5 Å². The summed E-state index contributed by atoms with van der Waals surface area (Å²) >= 11 is 0. The van der Waals surface area contributed by atoms with Crippen LogP contribution in [0.1, 0.15) is 45.2 Å². The number of hydrogen-bond donors (Lipinski definition) is 2. The summed E-state index contributed by atoms with van der Waals surface area (Å²) in [6, 6.07) is 6.23. The fraction of sp³-hybridized carbons (Fsp3) is 0.542. The summed E-state index contributed by atoms with van der Waals surface area (Å²) in [4.78, 5) is 39.8. The summed E-state index contributed by atoms with van der Waals surface area (Å²) < 4.78 is 16.0. The minimum Gasteiger partial charge on any atom is -0.494 e. The number of carbonyl (C=O) groups is 3. The SMILES string of the molecule is CCOC(=O)C1=C(CN2CCCC(C(=O)OCC)C2)NC(=O)NC1c1ccc(OCC)cc1. The monoisotopic (exact) mass is 459 g/mol. The summed E-state index contributed by atoms with van der Waals surface area (Å²) in [5.74, 6) is -0.201. The normalized spacial score (nSPS) is 21.1. The first-order chi connectivity index (χ1) is 16.0. The third kappa shape index (κ3) is 6.25. The molecular weight excluding hydrogens is 426 g/mol. The Morgan fingerprint density at radius 2 is 1.79 bits per heavy atom. The van der Waals surface area contributed by atoms with E-state index in [1.165, 1.54) is 0 Å². The number of nitrogens with one attached hydrogen (secondary N) is 2. The molecule has 2 N–H and O–H groups in total. The first-order valence-corrected chi connectivity index (χ1v) is 11.6. The van der Waals surface area contributed by atoms with Crippen LogP contribution in [-0.4, -0.2) is 62.3 Å². The van der Waals surface area contributed by atoms with Gasteiger partial charge in [0.05, 0.1) is 37.4 Å². The van der Waals surface area contributed by atoms with Crippen molar-refractivity contribution in [1.29, 1.82) is 0 Å². The Kier molecular flexibility index (Phi) is 8.71. The van der Waals surface area contributed by atoms with E-state index in [1.807, 2.05) is 31.2 Å². The standard InChI is InChI=1S/C24H33N3O6/c1-4-31-18-11-9-16(10-12-18)21-20(23(29)33-6-3)19(25-24(30)26-21)15-27-13-7-8-17(14-27)22(28)32-5-2/h9-12,17,21H,4-8,13-15H2,1-3H3,(H2,25,26,30). The van der Waals surface area contributed by atoms with Crippen molar-refractivity contribution in [2.75, 3.05) is 39.5 Å². The molecule has 2 aliphatic rings. The number of hydrogen-bond acceptors (Lipinski definition) is 7. The highest BCUT2D eigenvalue weighted by molar-refractivity contribution is 5.95. The Labute approximate surface area is 194 Å². The average Bonchev–Trinajstić information content (AvgIpc) is 2.80. The number of urea groups is 1. The van der Waals surface area contributed by atoms with Crippen LogP contribution in [0.15, 0.2) is 35.5 Å². The molecule has 2 heterocycles. The molecule has 2 aliphatic heterocycles. The molecule has 2 amide bonds. The highest BCUT2D eigenvalue weighted by Gasteiger charge is 2.35. The maximum absolute atomic E-state index is 13.0. The molecule has 0 spiro atoms. The molecule has 0 aliphatic carbocycles. The van der Waals surface area contributed by atoms with Gasteiger partial charge in [0.2, 0.25) is 0 Å². The average molecular weight is 460 g/mol. The Bertz CT molecular complexity index is 883. The Balaban J connectivity index is 1.89. The smallest absolute Gasteiger partial charge is 0.338 e. The Hall–Kier alpha value is -3.07. The van der Waals surface area contributed by atoms with Crippen LogP contribution in [0.3, 0.4) is 0 Å². The van der Waals surface area contributed by atoms with Crippen LogP contribution in [0.5, 0.6) is 5.75 Å². The summed E-state index contributed by atoms with van der Waals surface area (Å²) in [7, 11) is 0. The number of ether oxygens (including phenoxy) is 3. The van der Waals surface area contributed by atoms with Crippen molar-refractivity contribution in [3.8, 4) is 5.75 Å². The van der Waals surface area contributed by atoms with Gasteiger partial charge in [-0.3, -0.25) is 9.69 Å². The predicted molar refractivity (Wildman–Crippen MR) is 121 cm³/mol. The fourth-order valence-corrected chi connectivity index (χ4v) is 4.24. The van der Waals surface area contributed by atoms with Crippen LogP contribution in [0.25, 0.3) is 0 Å². The van der Waals surface area contributed by atoms with Gasteiger partial charge in [-0.15, -0.1) is 0 Å². The maximum atomic E-state index is 13.0. The zero-order chi connectivity index (χ0) is 23.8. The molecule has 3 rings (SSSR count). The first-order valence-electron chi connectivity index (χ1n) is 11.6. The molecule has 9 heteroatoms. The van der Waals surface area contributed by atoms with Gasteiger partial charge < -0.3 is 24.8 Å². The molecule has 9 nitrogen and oxygen atoms in total. The van der Waals surface area contributed by atoms with Gasteiger partial charge in [0.1, 0.15) is 5.75 Å². The molecule has 1 saturated heterocycles. The van der Waals surface area contributed by atoms with E-state index in [-0.39, 0.29) is 18.5 Å². The second kappa shape index (κ2) is 11.7. The van der Waals surface area contributed by atoms with E-state index in [2.05, 4.69) is 15.5 Å². The summed E-state index contributed by atoms with van der Waals surface area (Å²) in [6.07, 6.45) is 1.60. The first kappa shape index (κ1) is 24.6. The van der Waals surface area contributed by atoms with Crippen LogP contribution in [-0.2, 0) is 19.1 Å². The molecule has 1 aromatic carbocycles. The maximum Gasteiger partial charge on any atom is 0.338 e. The minimum atomic E-state index is -0.658. The zero-order valence-electron chi connectivity index (χ0n) is 19.5. The molecule has 2 atom stereocenters. The molecule has 0 aromatic heterocycles. The topological polar surface area (TPSA) is 106 Å². The van der Waals surface area contributed by atoms with Crippen molar-refractivity contribution >= 4 is 18.0 Å². The second-order valence-corrected chi connectivity index (χ2v) is 7.97. The highest BCUT2D eigenvalue weighted by atomic mass is 16.5. The lowest BCUT2D eigenvalue weighted by Gasteiger charge is -2.35.